The third-order valence-corrected chi connectivity index (χ3v) is 5.96. The molecule has 0 saturated carbocycles. The predicted molar refractivity (Wildman–Crippen MR) is 131 cm³/mol. The van der Waals surface area contributed by atoms with Crippen molar-refractivity contribution in [2.75, 3.05) is 0 Å². The van der Waals surface area contributed by atoms with Gasteiger partial charge >= 0.3 is 11.9 Å². The summed E-state index contributed by atoms with van der Waals surface area (Å²) in [7, 11) is 0. The number of hydrogen-bond acceptors (Lipinski definition) is 7. The quantitative estimate of drug-likeness (QED) is 0.191. The number of ketones is 1. The van der Waals surface area contributed by atoms with Gasteiger partial charge in [0.15, 0.2) is 5.78 Å². The highest BCUT2D eigenvalue weighted by Gasteiger charge is 2.59. The van der Waals surface area contributed by atoms with E-state index >= 15 is 0 Å². The molecule has 0 fully saturated rings. The molecule has 0 amide bonds. The number of cyclic esters (lactones) is 1. The van der Waals surface area contributed by atoms with E-state index in [4.69, 9.17) is 9.47 Å². The van der Waals surface area contributed by atoms with Crippen LogP contribution in [0.15, 0.2) is 78.9 Å². The number of fused-ring (bicyclic) bond motifs is 1. The first-order valence-electron chi connectivity index (χ1n) is 11.4. The van der Waals surface area contributed by atoms with Crippen molar-refractivity contribution in [1.82, 2.24) is 0 Å². The van der Waals surface area contributed by atoms with Crippen LogP contribution in [0.25, 0.3) is 0 Å². The molecule has 8 nitrogen and oxygen atoms in total. The molecule has 2 atom stereocenters. The number of non-ortho nitro benzene ring substituents is 1. The van der Waals surface area contributed by atoms with E-state index in [-0.39, 0.29) is 29.0 Å². The molecule has 0 unspecified atom stereocenters. The van der Waals surface area contributed by atoms with Crippen LogP contribution in [0.5, 0.6) is 0 Å². The van der Waals surface area contributed by atoms with Gasteiger partial charge in [-0.05, 0) is 32.4 Å². The van der Waals surface area contributed by atoms with Gasteiger partial charge in [0.1, 0.15) is 5.60 Å². The molecule has 0 bridgehead atoms. The van der Waals surface area contributed by atoms with Crippen LogP contribution in [0.3, 0.4) is 0 Å². The molecule has 8 heteroatoms. The summed E-state index contributed by atoms with van der Waals surface area (Å²) >= 11 is 0. The van der Waals surface area contributed by atoms with E-state index in [1.54, 1.807) is 75.4 Å². The van der Waals surface area contributed by atoms with Crippen LogP contribution in [0.1, 0.15) is 65.0 Å². The van der Waals surface area contributed by atoms with Crippen LogP contribution in [0.2, 0.25) is 0 Å². The van der Waals surface area contributed by atoms with Gasteiger partial charge in [-0.2, -0.15) is 0 Å². The molecular weight excluding hydrogens is 462 g/mol. The van der Waals surface area contributed by atoms with Gasteiger partial charge in [0, 0.05) is 35.6 Å². The summed E-state index contributed by atoms with van der Waals surface area (Å²) in [6.45, 7) is 5.04. The van der Waals surface area contributed by atoms with E-state index < -0.39 is 34.0 Å². The van der Waals surface area contributed by atoms with Gasteiger partial charge in [-0.1, -0.05) is 60.7 Å². The molecule has 0 radical (unpaired) electrons. The number of nitro groups is 1. The lowest BCUT2D eigenvalue weighted by Gasteiger charge is -2.36. The Morgan fingerprint density at radius 1 is 1.00 bits per heavy atom. The van der Waals surface area contributed by atoms with Crippen molar-refractivity contribution in [1.29, 1.82) is 0 Å². The van der Waals surface area contributed by atoms with Crippen molar-refractivity contribution < 1.29 is 28.8 Å². The lowest BCUT2D eigenvalue weighted by Crippen LogP contribution is -2.46. The standard InChI is InChI=1S/C28H25NO7/c1-27(2,3)36-26(32)28(22-15-8-7-14-21(22)25(31)35-28)23(17-24(30)18-10-5-4-6-11-18)19-12-9-13-20(16-19)29(33)34/h4-16,23H,17H2,1-3H3/t23-,28+/m1/s1. The minimum atomic E-state index is -2.03. The Bertz CT molecular complexity index is 1340. The largest absolute Gasteiger partial charge is 0.457 e. The fourth-order valence-corrected chi connectivity index (χ4v) is 4.43. The second-order valence-electron chi connectivity index (χ2n) is 9.57. The molecule has 0 aromatic heterocycles. The molecule has 1 aliphatic rings. The van der Waals surface area contributed by atoms with Gasteiger partial charge in [0.25, 0.3) is 5.69 Å². The van der Waals surface area contributed by atoms with E-state index in [9.17, 15) is 24.5 Å². The topological polar surface area (TPSA) is 113 Å². The molecule has 1 heterocycles. The first-order chi connectivity index (χ1) is 17.0. The highest BCUT2D eigenvalue weighted by molar-refractivity contribution is 6.03. The van der Waals surface area contributed by atoms with Crippen LogP contribution >= 0.6 is 0 Å². The first-order valence-corrected chi connectivity index (χ1v) is 11.4. The molecular formula is C28H25NO7. The van der Waals surface area contributed by atoms with Gasteiger partial charge in [0.2, 0.25) is 5.60 Å². The number of rotatable bonds is 7. The number of esters is 2. The zero-order chi connectivity index (χ0) is 26.1. The Kier molecular flexibility index (Phi) is 6.45. The lowest BCUT2D eigenvalue weighted by atomic mass is 9.73. The van der Waals surface area contributed by atoms with E-state index in [2.05, 4.69) is 0 Å². The Hall–Kier alpha value is -4.33. The number of benzene rings is 3. The van der Waals surface area contributed by atoms with Crippen molar-refractivity contribution in [2.24, 2.45) is 0 Å². The molecule has 36 heavy (non-hydrogen) atoms. The fraction of sp³-hybridized carbons (Fsp3) is 0.250. The Balaban J connectivity index is 1.96. The van der Waals surface area contributed by atoms with E-state index in [0.717, 1.165) is 0 Å². The number of ether oxygens (including phenoxy) is 2. The van der Waals surface area contributed by atoms with Gasteiger partial charge in [-0.25, -0.2) is 9.59 Å². The van der Waals surface area contributed by atoms with Crippen LogP contribution in [-0.2, 0) is 19.9 Å². The third kappa shape index (κ3) is 4.62. The minimum Gasteiger partial charge on any atom is -0.457 e. The van der Waals surface area contributed by atoms with Gasteiger partial charge in [-0.3, -0.25) is 14.9 Å². The highest BCUT2D eigenvalue weighted by atomic mass is 16.6. The smallest absolute Gasteiger partial charge is 0.356 e. The minimum absolute atomic E-state index is 0.172. The Morgan fingerprint density at radius 2 is 1.67 bits per heavy atom. The number of carbonyl (C=O) groups excluding carboxylic acids is 3. The molecule has 0 spiro atoms. The maximum Gasteiger partial charge on any atom is 0.356 e. The number of hydrogen-bond donors (Lipinski definition) is 0. The molecule has 4 rings (SSSR count). The van der Waals surface area contributed by atoms with Crippen LogP contribution in [0.4, 0.5) is 5.69 Å². The zero-order valence-corrected chi connectivity index (χ0v) is 20.1. The maximum absolute atomic E-state index is 13.9. The molecule has 0 N–H and O–H groups in total. The van der Waals surface area contributed by atoms with Crippen LogP contribution in [-0.4, -0.2) is 28.2 Å². The average molecular weight is 488 g/mol. The Labute approximate surface area is 208 Å². The monoisotopic (exact) mass is 487 g/mol. The van der Waals surface area contributed by atoms with Gasteiger partial charge in [-0.15, -0.1) is 0 Å². The molecule has 0 aliphatic carbocycles. The molecule has 3 aromatic rings. The molecule has 0 saturated heterocycles. The number of nitrogens with zero attached hydrogens (tertiary/aromatic N) is 1. The van der Waals surface area contributed by atoms with Crippen LogP contribution < -0.4 is 0 Å². The second kappa shape index (κ2) is 9.37. The SMILES string of the molecule is CC(C)(C)OC(=O)[C@]1([C@H](CC(=O)c2ccccc2)c2cccc([N+](=O)[O-])c2)OC(=O)c2ccccc21. The highest BCUT2D eigenvalue weighted by Crippen LogP contribution is 2.50. The zero-order valence-electron chi connectivity index (χ0n) is 20.1. The van der Waals surface area contributed by atoms with Crippen LogP contribution in [0, 0.1) is 10.1 Å². The lowest BCUT2D eigenvalue weighted by molar-refractivity contribution is -0.385. The van der Waals surface area contributed by atoms with Crippen molar-refractivity contribution in [3.05, 3.63) is 111 Å². The fourth-order valence-electron chi connectivity index (χ4n) is 4.43. The molecule has 3 aromatic carbocycles. The summed E-state index contributed by atoms with van der Waals surface area (Å²) in [6.07, 6.45) is -0.272. The molecule has 1 aliphatic heterocycles. The van der Waals surface area contributed by atoms with Gasteiger partial charge < -0.3 is 9.47 Å². The maximum atomic E-state index is 13.9. The van der Waals surface area contributed by atoms with E-state index in [1.165, 1.54) is 24.3 Å². The number of nitro benzene ring substituents is 1. The van der Waals surface area contributed by atoms with Crippen molar-refractivity contribution in [3.8, 4) is 0 Å². The number of Topliss-reactive ketones (excluding diaryl/α,β-unsaturated/α-hetero) is 1. The van der Waals surface area contributed by atoms with Crippen molar-refractivity contribution >= 4 is 23.4 Å². The molecule has 184 valence electrons. The summed E-state index contributed by atoms with van der Waals surface area (Å²) < 4.78 is 11.6. The summed E-state index contributed by atoms with van der Waals surface area (Å²) in [5.41, 5.74) is -2.08. The average Bonchev–Trinajstić information content (AvgIpc) is 3.15. The second-order valence-corrected chi connectivity index (χ2v) is 9.57. The first kappa shape index (κ1) is 24.8. The third-order valence-electron chi connectivity index (χ3n) is 5.96. The van der Waals surface area contributed by atoms with Crippen molar-refractivity contribution in [3.63, 3.8) is 0 Å². The van der Waals surface area contributed by atoms with E-state index in [0.29, 0.717) is 11.1 Å². The summed E-state index contributed by atoms with van der Waals surface area (Å²) in [4.78, 5) is 51.3. The summed E-state index contributed by atoms with van der Waals surface area (Å²) in [5, 5.41) is 11.6. The Morgan fingerprint density at radius 3 is 2.33 bits per heavy atom. The summed E-state index contributed by atoms with van der Waals surface area (Å²) in [6, 6.07) is 20.6. The van der Waals surface area contributed by atoms with E-state index in [1.807, 2.05) is 0 Å². The summed E-state index contributed by atoms with van der Waals surface area (Å²) in [5.74, 6) is -3.02. The predicted octanol–water partition coefficient (Wildman–Crippen LogP) is 5.36. The number of carbonyl (C=O) groups is 3. The van der Waals surface area contributed by atoms with Crippen molar-refractivity contribution in [2.45, 2.75) is 44.3 Å². The normalized spacial score (nSPS) is 17.6. The van der Waals surface area contributed by atoms with Gasteiger partial charge in [0.05, 0.1) is 10.5 Å².